The fraction of sp³-hybridized carbons (Fsp3) is 0.421. The molecule has 1 aromatic carbocycles. The number of hydrogen-bond acceptors (Lipinski definition) is 5. The van der Waals surface area contributed by atoms with Crippen LogP contribution in [0.15, 0.2) is 40.6 Å². The van der Waals surface area contributed by atoms with Gasteiger partial charge in [-0.2, -0.15) is 0 Å². The number of sulfonamides is 1. The van der Waals surface area contributed by atoms with Gasteiger partial charge < -0.3 is 9.64 Å². The molecule has 2 aromatic rings. The van der Waals surface area contributed by atoms with Gasteiger partial charge in [-0.15, -0.1) is 11.3 Å². The summed E-state index contributed by atoms with van der Waals surface area (Å²) < 4.78 is 33.4. The molecule has 0 atom stereocenters. The number of benzene rings is 1. The number of anilines is 1. The van der Waals surface area contributed by atoms with Crippen molar-refractivity contribution in [2.45, 2.75) is 31.1 Å². The molecule has 0 spiro atoms. The zero-order valence-electron chi connectivity index (χ0n) is 15.7. The lowest BCUT2D eigenvalue weighted by atomic mass is 9.87. The molecule has 1 amide bonds. The lowest BCUT2D eigenvalue weighted by Gasteiger charge is -2.26. The van der Waals surface area contributed by atoms with Gasteiger partial charge in [-0.3, -0.25) is 9.52 Å². The second kappa shape index (κ2) is 7.61. The van der Waals surface area contributed by atoms with Crippen molar-refractivity contribution in [3.05, 3.63) is 46.2 Å². The molecule has 0 bridgehead atoms. The van der Waals surface area contributed by atoms with E-state index in [9.17, 15) is 13.2 Å². The zero-order valence-corrected chi connectivity index (χ0v) is 17.3. The lowest BCUT2D eigenvalue weighted by Crippen LogP contribution is -2.40. The third kappa shape index (κ3) is 4.51. The Morgan fingerprint density at radius 3 is 2.33 bits per heavy atom. The number of morpholine rings is 1. The number of rotatable bonds is 4. The molecule has 8 heteroatoms. The topological polar surface area (TPSA) is 75.7 Å². The number of amides is 1. The van der Waals surface area contributed by atoms with Crippen LogP contribution in [-0.2, 0) is 20.2 Å². The van der Waals surface area contributed by atoms with Crippen LogP contribution in [0.25, 0.3) is 0 Å². The predicted molar refractivity (Wildman–Crippen MR) is 107 cm³/mol. The average Bonchev–Trinajstić information content (AvgIpc) is 3.08. The van der Waals surface area contributed by atoms with E-state index in [4.69, 9.17) is 4.74 Å². The first-order valence-electron chi connectivity index (χ1n) is 8.76. The summed E-state index contributed by atoms with van der Waals surface area (Å²) in [6.45, 7) is 8.24. The van der Waals surface area contributed by atoms with Gasteiger partial charge >= 0.3 is 0 Å². The molecule has 0 unspecified atom stereocenters. The molecule has 27 heavy (non-hydrogen) atoms. The molecule has 1 fully saturated rings. The van der Waals surface area contributed by atoms with Crippen molar-refractivity contribution in [3.63, 3.8) is 0 Å². The van der Waals surface area contributed by atoms with Gasteiger partial charge in [-0.25, -0.2) is 8.42 Å². The van der Waals surface area contributed by atoms with Crippen LogP contribution >= 0.6 is 11.3 Å². The van der Waals surface area contributed by atoms with Crippen molar-refractivity contribution in [3.8, 4) is 0 Å². The van der Waals surface area contributed by atoms with E-state index < -0.39 is 10.0 Å². The largest absolute Gasteiger partial charge is 0.378 e. The Morgan fingerprint density at radius 2 is 1.74 bits per heavy atom. The van der Waals surface area contributed by atoms with Gasteiger partial charge in [-0.05, 0) is 34.6 Å². The van der Waals surface area contributed by atoms with Crippen molar-refractivity contribution in [1.29, 1.82) is 0 Å². The highest BCUT2D eigenvalue weighted by atomic mass is 32.2. The molecule has 3 rings (SSSR count). The maximum atomic E-state index is 12.8. The Hall–Kier alpha value is -1.90. The van der Waals surface area contributed by atoms with E-state index in [-0.39, 0.29) is 16.2 Å². The van der Waals surface area contributed by atoms with Gasteiger partial charge in [-0.1, -0.05) is 32.9 Å². The van der Waals surface area contributed by atoms with E-state index in [0.29, 0.717) is 36.9 Å². The molecule has 146 valence electrons. The molecule has 6 nitrogen and oxygen atoms in total. The Morgan fingerprint density at radius 1 is 1.11 bits per heavy atom. The SMILES string of the molecule is CC(C)(C)c1ccc(S(=O)(=O)Nc2ccsc2C(=O)N2CCOCC2)cc1. The van der Waals surface area contributed by atoms with Crippen molar-refractivity contribution in [2.24, 2.45) is 0 Å². The first-order chi connectivity index (χ1) is 12.7. The Balaban J connectivity index is 1.81. The van der Waals surface area contributed by atoms with Crippen molar-refractivity contribution in [1.82, 2.24) is 4.90 Å². The average molecular weight is 409 g/mol. The number of nitrogens with zero attached hydrogens (tertiary/aromatic N) is 1. The van der Waals surface area contributed by atoms with E-state index in [1.165, 1.54) is 11.3 Å². The highest BCUT2D eigenvalue weighted by molar-refractivity contribution is 7.92. The van der Waals surface area contributed by atoms with Crippen LogP contribution in [0, 0.1) is 0 Å². The minimum atomic E-state index is -3.77. The van der Waals surface area contributed by atoms with Crippen molar-refractivity contribution in [2.75, 3.05) is 31.0 Å². The summed E-state index contributed by atoms with van der Waals surface area (Å²) in [6, 6.07) is 8.46. The molecule has 1 aromatic heterocycles. The molecular weight excluding hydrogens is 384 g/mol. The summed E-state index contributed by atoms with van der Waals surface area (Å²) >= 11 is 1.23. The van der Waals surface area contributed by atoms with Crippen LogP contribution in [0.5, 0.6) is 0 Å². The van der Waals surface area contributed by atoms with Crippen molar-refractivity contribution >= 4 is 33.0 Å². The van der Waals surface area contributed by atoms with E-state index in [2.05, 4.69) is 25.5 Å². The van der Waals surface area contributed by atoms with Crippen LogP contribution < -0.4 is 4.72 Å². The van der Waals surface area contributed by atoms with Gasteiger partial charge in [0.2, 0.25) is 0 Å². The molecule has 1 aliphatic heterocycles. The molecule has 1 saturated heterocycles. The fourth-order valence-electron chi connectivity index (χ4n) is 2.80. The second-order valence-electron chi connectivity index (χ2n) is 7.45. The summed E-state index contributed by atoms with van der Waals surface area (Å²) in [5.41, 5.74) is 1.32. The summed E-state index contributed by atoms with van der Waals surface area (Å²) in [7, 11) is -3.77. The Kier molecular flexibility index (Phi) is 5.60. The highest BCUT2D eigenvalue weighted by Gasteiger charge is 2.25. The minimum Gasteiger partial charge on any atom is -0.378 e. The summed E-state index contributed by atoms with van der Waals surface area (Å²) in [5.74, 6) is -0.172. The van der Waals surface area contributed by atoms with Crippen molar-refractivity contribution < 1.29 is 17.9 Å². The summed E-state index contributed by atoms with van der Waals surface area (Å²) in [4.78, 5) is 15.0. The quantitative estimate of drug-likeness (QED) is 0.842. The smallest absolute Gasteiger partial charge is 0.266 e. The molecule has 1 aliphatic rings. The molecule has 1 N–H and O–H groups in total. The first-order valence-corrected chi connectivity index (χ1v) is 11.1. The maximum Gasteiger partial charge on any atom is 0.266 e. The summed E-state index contributed by atoms with van der Waals surface area (Å²) in [6.07, 6.45) is 0. The number of carbonyl (C=O) groups excluding carboxylic acids is 1. The van der Waals surface area contributed by atoms with Crippen LogP contribution in [0.3, 0.4) is 0 Å². The normalized spacial score (nSPS) is 15.6. The number of thiophene rings is 1. The van der Waals surface area contributed by atoms with Gasteiger partial charge in [0.15, 0.2) is 0 Å². The van der Waals surface area contributed by atoms with Crippen LogP contribution in [-0.4, -0.2) is 45.5 Å². The standard InChI is InChI=1S/C19H24N2O4S2/c1-19(2,3)14-4-6-15(7-5-14)27(23,24)20-16-8-13-26-17(16)18(22)21-9-11-25-12-10-21/h4-8,13,20H,9-12H2,1-3H3. The third-order valence-electron chi connectivity index (χ3n) is 4.43. The second-order valence-corrected chi connectivity index (χ2v) is 10.0. The highest BCUT2D eigenvalue weighted by Crippen LogP contribution is 2.28. The van der Waals surface area contributed by atoms with E-state index in [1.54, 1.807) is 28.5 Å². The Labute approximate surface area is 164 Å². The van der Waals surface area contributed by atoms with Gasteiger partial charge in [0, 0.05) is 13.1 Å². The van der Waals surface area contributed by atoms with E-state index in [0.717, 1.165) is 5.56 Å². The number of carbonyl (C=O) groups is 1. The summed E-state index contributed by atoms with van der Waals surface area (Å²) in [5, 5.41) is 1.72. The third-order valence-corrected chi connectivity index (χ3v) is 6.72. The molecule has 0 aliphatic carbocycles. The van der Waals surface area contributed by atoms with Gasteiger partial charge in [0.1, 0.15) is 4.88 Å². The predicted octanol–water partition coefficient (Wildman–Crippen LogP) is 3.32. The number of nitrogens with one attached hydrogen (secondary N) is 1. The molecule has 2 heterocycles. The Bertz CT molecular complexity index is 906. The van der Waals surface area contributed by atoms with E-state index >= 15 is 0 Å². The lowest BCUT2D eigenvalue weighted by molar-refractivity contribution is 0.0307. The molecule has 0 saturated carbocycles. The minimum absolute atomic E-state index is 0.0547. The first kappa shape index (κ1) is 19.9. The zero-order chi connectivity index (χ0) is 19.7. The van der Waals surface area contributed by atoms with Crippen LogP contribution in [0.2, 0.25) is 0 Å². The molecule has 0 radical (unpaired) electrons. The van der Waals surface area contributed by atoms with Gasteiger partial charge in [0.25, 0.3) is 15.9 Å². The molecular formula is C19H24N2O4S2. The van der Waals surface area contributed by atoms with Crippen LogP contribution in [0.4, 0.5) is 5.69 Å². The fourth-order valence-corrected chi connectivity index (χ4v) is 4.76. The van der Waals surface area contributed by atoms with E-state index in [1.807, 2.05) is 12.1 Å². The van der Waals surface area contributed by atoms with Crippen LogP contribution in [0.1, 0.15) is 36.0 Å². The number of ether oxygens (including phenoxy) is 1. The van der Waals surface area contributed by atoms with Gasteiger partial charge in [0.05, 0.1) is 23.8 Å². The maximum absolute atomic E-state index is 12.8. The number of hydrogen-bond donors (Lipinski definition) is 1. The monoisotopic (exact) mass is 408 g/mol.